The summed E-state index contributed by atoms with van der Waals surface area (Å²) in [5, 5.41) is 6.25. The number of anilines is 2. The molecule has 0 fully saturated rings. The van der Waals surface area contributed by atoms with Crippen molar-refractivity contribution in [2.45, 2.75) is 13.8 Å². The summed E-state index contributed by atoms with van der Waals surface area (Å²) in [6, 6.07) is 0. The van der Waals surface area contributed by atoms with E-state index in [1.807, 2.05) is 13.8 Å². The van der Waals surface area contributed by atoms with Crippen molar-refractivity contribution < 1.29 is 4.74 Å². The van der Waals surface area contributed by atoms with E-state index in [0.717, 1.165) is 30.0 Å². The first-order valence-corrected chi connectivity index (χ1v) is 6.15. The van der Waals surface area contributed by atoms with Gasteiger partial charge in [0, 0.05) is 25.9 Å². The fraction of sp³-hybridized carbons (Fsp3) is 0.600. The molecule has 2 N–H and O–H groups in total. The van der Waals surface area contributed by atoms with Crippen LogP contribution >= 0.6 is 15.9 Å². The van der Waals surface area contributed by atoms with E-state index in [1.54, 1.807) is 6.20 Å². The summed E-state index contributed by atoms with van der Waals surface area (Å²) in [6.07, 6.45) is 1.73. The normalized spacial score (nSPS) is 10.2. The molecular formula is C10H17BrN4O. The largest absolute Gasteiger partial charge is 0.380 e. The van der Waals surface area contributed by atoms with Crippen LogP contribution in [0.2, 0.25) is 0 Å². The summed E-state index contributed by atoms with van der Waals surface area (Å²) in [6.45, 7) is 6.92. The molecule has 90 valence electrons. The monoisotopic (exact) mass is 288 g/mol. The summed E-state index contributed by atoms with van der Waals surface area (Å²) >= 11 is 3.39. The molecule has 0 bridgehead atoms. The number of halogens is 1. The van der Waals surface area contributed by atoms with E-state index in [0.29, 0.717) is 12.6 Å². The van der Waals surface area contributed by atoms with Crippen LogP contribution in [0, 0.1) is 0 Å². The standard InChI is InChI=1S/C10H17BrN4O/c1-3-12-10-14-7-8(11)9(15-10)13-5-6-16-4-2/h7H,3-6H2,1-2H3,(H2,12,13,14,15). The van der Waals surface area contributed by atoms with Crippen LogP contribution in [0.5, 0.6) is 0 Å². The van der Waals surface area contributed by atoms with Gasteiger partial charge in [-0.05, 0) is 29.8 Å². The van der Waals surface area contributed by atoms with Gasteiger partial charge in [-0.25, -0.2) is 4.98 Å². The third-order valence-corrected chi connectivity index (χ3v) is 2.40. The Balaban J connectivity index is 2.52. The van der Waals surface area contributed by atoms with Gasteiger partial charge in [-0.1, -0.05) is 0 Å². The molecule has 0 spiro atoms. The van der Waals surface area contributed by atoms with Gasteiger partial charge in [0.05, 0.1) is 11.1 Å². The lowest BCUT2D eigenvalue weighted by Crippen LogP contribution is -2.12. The molecule has 0 radical (unpaired) electrons. The number of aromatic nitrogens is 2. The van der Waals surface area contributed by atoms with Gasteiger partial charge in [-0.3, -0.25) is 0 Å². The molecule has 0 aliphatic rings. The van der Waals surface area contributed by atoms with E-state index in [1.165, 1.54) is 0 Å². The van der Waals surface area contributed by atoms with Gasteiger partial charge in [0.25, 0.3) is 0 Å². The second kappa shape index (κ2) is 7.40. The predicted octanol–water partition coefficient (Wildman–Crippen LogP) is 2.12. The van der Waals surface area contributed by atoms with E-state index in [4.69, 9.17) is 4.74 Å². The van der Waals surface area contributed by atoms with Crippen molar-refractivity contribution in [2.75, 3.05) is 36.9 Å². The molecular weight excluding hydrogens is 272 g/mol. The highest BCUT2D eigenvalue weighted by Gasteiger charge is 2.03. The first-order chi connectivity index (χ1) is 7.77. The zero-order valence-electron chi connectivity index (χ0n) is 9.59. The lowest BCUT2D eigenvalue weighted by atomic mass is 10.5. The Morgan fingerprint density at radius 1 is 1.38 bits per heavy atom. The maximum Gasteiger partial charge on any atom is 0.224 e. The smallest absolute Gasteiger partial charge is 0.224 e. The van der Waals surface area contributed by atoms with Crippen LogP contribution in [0.3, 0.4) is 0 Å². The molecule has 0 atom stereocenters. The summed E-state index contributed by atoms with van der Waals surface area (Å²) < 4.78 is 6.09. The average Bonchev–Trinajstić information content (AvgIpc) is 2.29. The van der Waals surface area contributed by atoms with Gasteiger partial charge >= 0.3 is 0 Å². The highest BCUT2D eigenvalue weighted by atomic mass is 79.9. The van der Waals surface area contributed by atoms with E-state index in [-0.39, 0.29) is 0 Å². The van der Waals surface area contributed by atoms with E-state index >= 15 is 0 Å². The molecule has 1 rings (SSSR count). The third-order valence-electron chi connectivity index (χ3n) is 1.82. The Morgan fingerprint density at radius 2 is 2.19 bits per heavy atom. The molecule has 0 aliphatic carbocycles. The molecule has 1 aromatic rings. The van der Waals surface area contributed by atoms with Crippen molar-refractivity contribution >= 4 is 27.7 Å². The minimum Gasteiger partial charge on any atom is -0.380 e. The van der Waals surface area contributed by atoms with Gasteiger partial charge in [0.2, 0.25) is 5.95 Å². The highest BCUT2D eigenvalue weighted by molar-refractivity contribution is 9.10. The van der Waals surface area contributed by atoms with Crippen LogP contribution in [-0.2, 0) is 4.74 Å². The van der Waals surface area contributed by atoms with Crippen LogP contribution in [0.15, 0.2) is 10.7 Å². The van der Waals surface area contributed by atoms with Crippen LogP contribution in [0.4, 0.5) is 11.8 Å². The molecule has 0 aliphatic heterocycles. The fourth-order valence-corrected chi connectivity index (χ4v) is 1.45. The average molecular weight is 289 g/mol. The van der Waals surface area contributed by atoms with E-state index in [9.17, 15) is 0 Å². The third kappa shape index (κ3) is 4.32. The molecule has 0 aromatic carbocycles. The maximum absolute atomic E-state index is 5.24. The van der Waals surface area contributed by atoms with Gasteiger partial charge in [0.1, 0.15) is 5.82 Å². The Hall–Kier alpha value is -0.880. The van der Waals surface area contributed by atoms with Gasteiger partial charge < -0.3 is 15.4 Å². The van der Waals surface area contributed by atoms with Crippen LogP contribution in [-0.4, -0.2) is 36.3 Å². The van der Waals surface area contributed by atoms with Crippen molar-refractivity contribution in [2.24, 2.45) is 0 Å². The first-order valence-electron chi connectivity index (χ1n) is 5.36. The van der Waals surface area contributed by atoms with Crippen molar-refractivity contribution in [3.63, 3.8) is 0 Å². The molecule has 16 heavy (non-hydrogen) atoms. The van der Waals surface area contributed by atoms with Crippen molar-refractivity contribution in [3.8, 4) is 0 Å². The zero-order chi connectivity index (χ0) is 11.8. The van der Waals surface area contributed by atoms with Crippen molar-refractivity contribution in [1.29, 1.82) is 0 Å². The lowest BCUT2D eigenvalue weighted by Gasteiger charge is -2.09. The van der Waals surface area contributed by atoms with Crippen molar-refractivity contribution in [1.82, 2.24) is 9.97 Å². The number of ether oxygens (including phenoxy) is 1. The molecule has 1 aromatic heterocycles. The number of nitrogens with one attached hydrogen (secondary N) is 2. The molecule has 0 amide bonds. The SMILES string of the molecule is CCNc1ncc(Br)c(NCCOCC)n1. The number of hydrogen-bond acceptors (Lipinski definition) is 5. The fourth-order valence-electron chi connectivity index (χ4n) is 1.12. The minimum atomic E-state index is 0.629. The second-order valence-corrected chi connectivity index (χ2v) is 3.90. The summed E-state index contributed by atoms with van der Waals surface area (Å²) in [5.41, 5.74) is 0. The van der Waals surface area contributed by atoms with Crippen LogP contribution in [0.25, 0.3) is 0 Å². The lowest BCUT2D eigenvalue weighted by molar-refractivity contribution is 0.158. The molecule has 0 saturated heterocycles. The zero-order valence-corrected chi connectivity index (χ0v) is 11.2. The van der Waals surface area contributed by atoms with Gasteiger partial charge in [-0.2, -0.15) is 4.98 Å². The molecule has 6 heteroatoms. The molecule has 0 saturated carbocycles. The number of nitrogens with zero attached hydrogens (tertiary/aromatic N) is 2. The predicted molar refractivity (Wildman–Crippen MR) is 68.9 cm³/mol. The Labute approximate surface area is 104 Å². The quantitative estimate of drug-likeness (QED) is 0.753. The Morgan fingerprint density at radius 3 is 2.88 bits per heavy atom. The molecule has 0 unspecified atom stereocenters. The molecule has 5 nitrogen and oxygen atoms in total. The highest BCUT2D eigenvalue weighted by Crippen LogP contribution is 2.19. The molecule has 1 heterocycles. The van der Waals surface area contributed by atoms with E-state index < -0.39 is 0 Å². The second-order valence-electron chi connectivity index (χ2n) is 3.04. The number of hydrogen-bond donors (Lipinski definition) is 2. The first kappa shape index (κ1) is 13.2. The van der Waals surface area contributed by atoms with Crippen LogP contribution in [0.1, 0.15) is 13.8 Å². The summed E-state index contributed by atoms with van der Waals surface area (Å²) in [4.78, 5) is 8.46. The summed E-state index contributed by atoms with van der Waals surface area (Å²) in [7, 11) is 0. The van der Waals surface area contributed by atoms with Gasteiger partial charge in [0.15, 0.2) is 0 Å². The Bertz CT molecular complexity index is 322. The minimum absolute atomic E-state index is 0.629. The topological polar surface area (TPSA) is 59.1 Å². The van der Waals surface area contributed by atoms with Gasteiger partial charge in [-0.15, -0.1) is 0 Å². The van der Waals surface area contributed by atoms with E-state index in [2.05, 4.69) is 36.5 Å². The van der Waals surface area contributed by atoms with Crippen LogP contribution < -0.4 is 10.6 Å². The van der Waals surface area contributed by atoms with Crippen molar-refractivity contribution in [3.05, 3.63) is 10.7 Å². The number of rotatable bonds is 7. The Kier molecular flexibility index (Phi) is 6.10. The maximum atomic E-state index is 5.24. The summed E-state index contributed by atoms with van der Waals surface area (Å²) in [5.74, 6) is 1.41.